The minimum atomic E-state index is -4.02. The molecular weight excluding hydrogens is 190 g/mol. The third-order valence-electron chi connectivity index (χ3n) is 2.73. The van der Waals surface area contributed by atoms with Crippen molar-refractivity contribution in [2.24, 2.45) is 5.92 Å². The zero-order valence-corrected chi connectivity index (χ0v) is 8.68. The van der Waals surface area contributed by atoms with Crippen LogP contribution in [0.15, 0.2) is 0 Å². The predicted molar refractivity (Wildman–Crippen MR) is 50.7 cm³/mol. The summed E-state index contributed by atoms with van der Waals surface area (Å²) in [6.45, 7) is 2.05. The molecule has 0 bridgehead atoms. The summed E-state index contributed by atoms with van der Waals surface area (Å²) in [6, 6.07) is -0.0613. The predicted octanol–water partition coefficient (Wildman–Crippen LogP) is 1.35. The third kappa shape index (κ3) is 3.62. The second-order valence-electron chi connectivity index (χ2n) is 3.65. The van der Waals surface area contributed by atoms with Gasteiger partial charge in [0.1, 0.15) is 0 Å². The second kappa shape index (κ2) is 4.39. The lowest BCUT2D eigenvalue weighted by atomic mass is 9.83. The molecule has 0 aromatic carbocycles. The van der Waals surface area contributed by atoms with E-state index in [0.717, 1.165) is 25.7 Å². The topological polar surface area (TPSA) is 66.4 Å². The highest BCUT2D eigenvalue weighted by atomic mass is 32.2. The lowest BCUT2D eigenvalue weighted by molar-refractivity contribution is 0.276. The lowest BCUT2D eigenvalue weighted by Gasteiger charge is -2.30. The molecule has 1 aliphatic carbocycles. The fraction of sp³-hybridized carbons (Fsp3) is 1.00. The summed E-state index contributed by atoms with van der Waals surface area (Å²) in [4.78, 5) is 0. The molecule has 2 unspecified atom stereocenters. The molecule has 2 atom stereocenters. The van der Waals surface area contributed by atoms with Crippen molar-refractivity contribution < 1.29 is 13.0 Å². The van der Waals surface area contributed by atoms with Gasteiger partial charge in [0.15, 0.2) is 0 Å². The summed E-state index contributed by atoms with van der Waals surface area (Å²) >= 11 is 0. The summed E-state index contributed by atoms with van der Waals surface area (Å²) in [6.07, 6.45) is 5.08. The van der Waals surface area contributed by atoms with Gasteiger partial charge in [0, 0.05) is 6.04 Å². The molecule has 0 amide bonds. The van der Waals surface area contributed by atoms with E-state index in [4.69, 9.17) is 4.55 Å². The van der Waals surface area contributed by atoms with Crippen LogP contribution in [-0.2, 0) is 10.3 Å². The van der Waals surface area contributed by atoms with Crippen molar-refractivity contribution >= 4 is 10.3 Å². The van der Waals surface area contributed by atoms with E-state index in [2.05, 4.69) is 11.6 Å². The molecule has 4 nitrogen and oxygen atoms in total. The summed E-state index contributed by atoms with van der Waals surface area (Å²) < 4.78 is 32.1. The van der Waals surface area contributed by atoms with Gasteiger partial charge in [-0.15, -0.1) is 0 Å². The average Bonchev–Trinajstić information content (AvgIpc) is 2.02. The van der Waals surface area contributed by atoms with Gasteiger partial charge in [-0.25, -0.2) is 0 Å². The van der Waals surface area contributed by atoms with Gasteiger partial charge in [-0.2, -0.15) is 13.1 Å². The van der Waals surface area contributed by atoms with Crippen LogP contribution in [0.2, 0.25) is 0 Å². The quantitative estimate of drug-likeness (QED) is 0.686. The molecule has 0 aromatic heterocycles. The molecule has 0 aromatic rings. The second-order valence-corrected chi connectivity index (χ2v) is 4.84. The molecule has 1 saturated carbocycles. The number of hydrogen-bond acceptors (Lipinski definition) is 2. The van der Waals surface area contributed by atoms with Gasteiger partial charge >= 0.3 is 10.3 Å². The average molecular weight is 207 g/mol. The molecular formula is C8H17NO3S. The van der Waals surface area contributed by atoms with Crippen molar-refractivity contribution in [3.8, 4) is 0 Å². The zero-order chi connectivity index (χ0) is 9.90. The first-order valence-electron chi connectivity index (χ1n) is 4.77. The summed E-state index contributed by atoms with van der Waals surface area (Å²) in [7, 11) is -4.02. The standard InChI is InChI=1S/C8H17NO3S/c1-2-7-5-3-4-6-8(7)9-13(10,11)12/h7-9H,2-6H2,1H3,(H,10,11,12). The molecule has 0 spiro atoms. The third-order valence-corrected chi connectivity index (χ3v) is 3.33. The van der Waals surface area contributed by atoms with Crippen LogP contribution in [0.3, 0.4) is 0 Å². The van der Waals surface area contributed by atoms with Crippen LogP contribution in [0, 0.1) is 5.92 Å². The fourth-order valence-corrected chi connectivity index (χ4v) is 2.74. The van der Waals surface area contributed by atoms with Crippen LogP contribution < -0.4 is 4.72 Å². The van der Waals surface area contributed by atoms with Crippen molar-refractivity contribution in [1.82, 2.24) is 4.72 Å². The van der Waals surface area contributed by atoms with Crippen molar-refractivity contribution in [1.29, 1.82) is 0 Å². The normalized spacial score (nSPS) is 30.3. The Morgan fingerprint density at radius 2 is 2.00 bits per heavy atom. The Kier molecular flexibility index (Phi) is 3.70. The zero-order valence-electron chi connectivity index (χ0n) is 7.86. The Bertz CT molecular complexity index is 250. The van der Waals surface area contributed by atoms with Crippen LogP contribution in [0.4, 0.5) is 0 Å². The van der Waals surface area contributed by atoms with Gasteiger partial charge in [0.25, 0.3) is 0 Å². The Labute approximate surface area is 79.6 Å². The Morgan fingerprint density at radius 1 is 1.38 bits per heavy atom. The van der Waals surface area contributed by atoms with Gasteiger partial charge in [0.2, 0.25) is 0 Å². The van der Waals surface area contributed by atoms with Crippen LogP contribution in [-0.4, -0.2) is 19.0 Å². The lowest BCUT2D eigenvalue weighted by Crippen LogP contribution is -2.41. The molecule has 0 heterocycles. The van der Waals surface area contributed by atoms with Crippen molar-refractivity contribution in [3.63, 3.8) is 0 Å². The highest BCUT2D eigenvalue weighted by Crippen LogP contribution is 2.26. The Hall–Kier alpha value is -0.130. The monoisotopic (exact) mass is 207 g/mol. The van der Waals surface area contributed by atoms with Gasteiger partial charge < -0.3 is 0 Å². The number of nitrogens with one attached hydrogen (secondary N) is 1. The van der Waals surface area contributed by atoms with E-state index in [1.807, 2.05) is 0 Å². The molecule has 0 saturated heterocycles. The smallest absolute Gasteiger partial charge is 0.273 e. The molecule has 1 fully saturated rings. The minimum absolute atomic E-state index is 0.0613. The molecule has 5 heteroatoms. The molecule has 0 radical (unpaired) electrons. The summed E-state index contributed by atoms with van der Waals surface area (Å²) in [5.74, 6) is 0.385. The maximum absolute atomic E-state index is 10.6. The highest BCUT2D eigenvalue weighted by molar-refractivity contribution is 7.83. The highest BCUT2D eigenvalue weighted by Gasteiger charge is 2.26. The van der Waals surface area contributed by atoms with E-state index in [0.29, 0.717) is 5.92 Å². The molecule has 13 heavy (non-hydrogen) atoms. The van der Waals surface area contributed by atoms with E-state index < -0.39 is 10.3 Å². The first-order valence-corrected chi connectivity index (χ1v) is 6.21. The van der Waals surface area contributed by atoms with E-state index in [1.165, 1.54) is 6.42 Å². The van der Waals surface area contributed by atoms with Crippen molar-refractivity contribution in [3.05, 3.63) is 0 Å². The molecule has 78 valence electrons. The SMILES string of the molecule is CCC1CCCCC1NS(=O)(=O)O. The number of rotatable bonds is 3. The van der Waals surface area contributed by atoms with E-state index in [-0.39, 0.29) is 6.04 Å². The molecule has 2 N–H and O–H groups in total. The Balaban J connectivity index is 2.55. The van der Waals surface area contributed by atoms with Crippen LogP contribution in [0.1, 0.15) is 39.0 Å². The van der Waals surface area contributed by atoms with Crippen LogP contribution in [0.25, 0.3) is 0 Å². The first kappa shape index (κ1) is 10.9. The maximum atomic E-state index is 10.6. The van der Waals surface area contributed by atoms with Gasteiger partial charge in [-0.1, -0.05) is 26.2 Å². The molecule has 1 rings (SSSR count). The van der Waals surface area contributed by atoms with Gasteiger partial charge in [-0.05, 0) is 18.8 Å². The van der Waals surface area contributed by atoms with Crippen LogP contribution in [0.5, 0.6) is 0 Å². The summed E-state index contributed by atoms with van der Waals surface area (Å²) in [5.41, 5.74) is 0. The molecule has 0 aliphatic heterocycles. The van der Waals surface area contributed by atoms with E-state index in [9.17, 15) is 8.42 Å². The van der Waals surface area contributed by atoms with Crippen molar-refractivity contribution in [2.75, 3.05) is 0 Å². The first-order chi connectivity index (χ1) is 6.03. The van der Waals surface area contributed by atoms with Crippen molar-refractivity contribution in [2.45, 2.75) is 45.1 Å². The van der Waals surface area contributed by atoms with E-state index in [1.54, 1.807) is 0 Å². The largest absolute Gasteiger partial charge is 0.333 e. The molecule has 1 aliphatic rings. The maximum Gasteiger partial charge on any atom is 0.333 e. The number of hydrogen-bond donors (Lipinski definition) is 2. The summed E-state index contributed by atoms with van der Waals surface area (Å²) in [5, 5.41) is 0. The van der Waals surface area contributed by atoms with Gasteiger partial charge in [0.05, 0.1) is 0 Å². The van der Waals surface area contributed by atoms with Gasteiger partial charge in [-0.3, -0.25) is 4.55 Å². The minimum Gasteiger partial charge on any atom is -0.273 e. The van der Waals surface area contributed by atoms with Crippen LogP contribution >= 0.6 is 0 Å². The fourth-order valence-electron chi connectivity index (χ4n) is 2.04. The van der Waals surface area contributed by atoms with E-state index >= 15 is 0 Å². The Morgan fingerprint density at radius 3 is 2.54 bits per heavy atom.